The van der Waals surface area contributed by atoms with Gasteiger partial charge in [-0.2, -0.15) is 0 Å². The van der Waals surface area contributed by atoms with Gasteiger partial charge in [0.2, 0.25) is 0 Å². The third-order valence-corrected chi connectivity index (χ3v) is 8.31. The normalized spacial score (nSPS) is 13.6. The van der Waals surface area contributed by atoms with E-state index in [0.29, 0.717) is 38.4 Å². The number of aryl methyl sites for hydroxylation is 2. The van der Waals surface area contributed by atoms with Gasteiger partial charge in [-0.15, -0.1) is 0 Å². The minimum Gasteiger partial charge on any atom is -0.374 e. The van der Waals surface area contributed by atoms with E-state index in [1.54, 1.807) is 78.6 Å². The molecule has 5 aromatic rings. The van der Waals surface area contributed by atoms with Crippen LogP contribution in [0.2, 0.25) is 5.02 Å². The summed E-state index contributed by atoms with van der Waals surface area (Å²) in [6.07, 6.45) is 4.79. The van der Waals surface area contributed by atoms with Crippen LogP contribution in [-0.2, 0) is 24.3 Å². The maximum Gasteiger partial charge on any atom is 0.251 e. The van der Waals surface area contributed by atoms with Crippen molar-refractivity contribution < 1.29 is 9.67 Å². The summed E-state index contributed by atoms with van der Waals surface area (Å²) in [6.45, 7) is 3.32. The highest BCUT2D eigenvalue weighted by Crippen LogP contribution is 2.40. The van der Waals surface area contributed by atoms with E-state index in [0.717, 1.165) is 10.9 Å². The zero-order valence-electron chi connectivity index (χ0n) is 20.9. The average Bonchev–Trinajstić information content (AvgIpc) is 3.31. The summed E-state index contributed by atoms with van der Waals surface area (Å²) in [4.78, 5) is 21.5. The number of nitrogens with zero attached hydrogens (tertiary/aromatic N) is 4. The van der Waals surface area contributed by atoms with Crippen LogP contribution in [0.5, 0.6) is 0 Å². The Morgan fingerprint density at radius 1 is 0.973 bits per heavy atom. The molecule has 37 heavy (non-hydrogen) atoms. The van der Waals surface area contributed by atoms with Gasteiger partial charge >= 0.3 is 0 Å². The highest BCUT2D eigenvalue weighted by molar-refractivity contribution is 7.69. The Morgan fingerprint density at radius 2 is 1.73 bits per heavy atom. The lowest BCUT2D eigenvalue weighted by atomic mass is 9.83. The van der Waals surface area contributed by atoms with E-state index in [1.165, 1.54) is 0 Å². The molecule has 1 N–H and O–H groups in total. The number of benzene rings is 2. The predicted octanol–water partition coefficient (Wildman–Crippen LogP) is 4.52. The minimum atomic E-state index is -2.57. The first-order valence-electron chi connectivity index (χ1n) is 11.6. The number of hydrogen-bond acceptors (Lipinski definition) is 5. The Kier molecular flexibility index (Phi) is 6.19. The topological polar surface area (TPSA) is 90.0 Å². The molecule has 0 saturated carbocycles. The predicted molar refractivity (Wildman–Crippen MR) is 148 cm³/mol. The fraction of sp³-hybridized carbons (Fsp3) is 0.179. The Hall–Kier alpha value is -3.51. The SMILES string of the molecule is Cn1cncc1C(O)(c1ccc(P(C)(C)=O)nc1)c1ccc2c(c1)c(-c1cccc(Cl)c1)cc(=O)n2C. The smallest absolute Gasteiger partial charge is 0.251 e. The summed E-state index contributed by atoms with van der Waals surface area (Å²) in [5, 5.41) is 13.8. The first-order valence-corrected chi connectivity index (χ1v) is 14.6. The molecule has 3 heterocycles. The number of rotatable bonds is 5. The number of halogens is 1. The monoisotopic (exact) mass is 532 g/mol. The lowest BCUT2D eigenvalue weighted by molar-refractivity contribution is 0.117. The highest BCUT2D eigenvalue weighted by atomic mass is 35.5. The summed E-state index contributed by atoms with van der Waals surface area (Å²) < 4.78 is 15.9. The third kappa shape index (κ3) is 4.33. The van der Waals surface area contributed by atoms with Gasteiger partial charge in [-0.1, -0.05) is 35.9 Å². The van der Waals surface area contributed by atoms with Gasteiger partial charge in [0.1, 0.15) is 7.14 Å². The van der Waals surface area contributed by atoms with Crippen molar-refractivity contribution in [3.8, 4) is 11.1 Å². The molecule has 7 nitrogen and oxygen atoms in total. The lowest BCUT2D eigenvalue weighted by Crippen LogP contribution is -2.32. The van der Waals surface area contributed by atoms with Crippen LogP contribution in [0.3, 0.4) is 0 Å². The molecule has 1 unspecified atom stereocenters. The molecular weight excluding hydrogens is 507 g/mol. The summed E-state index contributed by atoms with van der Waals surface area (Å²) in [5.41, 5.74) is 2.53. The van der Waals surface area contributed by atoms with Crippen molar-refractivity contribution >= 4 is 35.1 Å². The number of fused-ring (bicyclic) bond motifs is 1. The molecule has 9 heteroatoms. The second-order valence-corrected chi connectivity index (χ2v) is 13.2. The third-order valence-electron chi connectivity index (χ3n) is 6.70. The van der Waals surface area contributed by atoms with Crippen molar-refractivity contribution in [1.29, 1.82) is 0 Å². The van der Waals surface area contributed by atoms with Gasteiger partial charge in [-0.05, 0) is 60.4 Å². The van der Waals surface area contributed by atoms with Gasteiger partial charge in [0.05, 0.1) is 29.2 Å². The van der Waals surface area contributed by atoms with Gasteiger partial charge in [-0.25, -0.2) is 4.98 Å². The van der Waals surface area contributed by atoms with E-state index in [9.17, 15) is 14.5 Å². The number of imidazole rings is 1. The standard InChI is InChI=1S/C28H26ClN4O3P/c1-32-17-30-16-25(32)28(35,20-9-11-26(31-15-20)37(3,4)36)19-8-10-24-23(13-19)22(14-27(34)33(24)2)18-6-5-7-21(29)12-18/h5-17,35H,1-4H3. The summed E-state index contributed by atoms with van der Waals surface area (Å²) in [5.74, 6) is 0. The summed E-state index contributed by atoms with van der Waals surface area (Å²) >= 11 is 6.27. The van der Waals surface area contributed by atoms with Crippen molar-refractivity contribution in [2.45, 2.75) is 5.60 Å². The van der Waals surface area contributed by atoms with Gasteiger partial charge in [-0.3, -0.25) is 9.78 Å². The molecule has 0 aliphatic rings. The largest absolute Gasteiger partial charge is 0.374 e. The van der Waals surface area contributed by atoms with Crippen LogP contribution < -0.4 is 11.0 Å². The van der Waals surface area contributed by atoms with E-state index in [2.05, 4.69) is 9.97 Å². The second-order valence-electron chi connectivity index (χ2n) is 9.55. The molecule has 188 valence electrons. The zero-order valence-corrected chi connectivity index (χ0v) is 22.5. The van der Waals surface area contributed by atoms with Crippen LogP contribution in [0.4, 0.5) is 0 Å². The Labute approximate surface area is 219 Å². The maximum atomic E-state index is 12.8. The van der Waals surface area contributed by atoms with Gasteiger partial charge in [0.15, 0.2) is 5.60 Å². The minimum absolute atomic E-state index is 0.152. The van der Waals surface area contributed by atoms with E-state index in [1.807, 2.05) is 37.4 Å². The Bertz CT molecular complexity index is 1750. The first kappa shape index (κ1) is 25.2. The maximum absolute atomic E-state index is 12.8. The van der Waals surface area contributed by atoms with Crippen molar-refractivity contribution in [3.05, 3.63) is 112 Å². The molecule has 0 aliphatic carbocycles. The average molecular weight is 533 g/mol. The van der Waals surface area contributed by atoms with Crippen LogP contribution in [0, 0.1) is 0 Å². The molecule has 0 spiro atoms. The summed E-state index contributed by atoms with van der Waals surface area (Å²) in [6, 6.07) is 17.9. The van der Waals surface area contributed by atoms with Crippen LogP contribution in [-0.4, -0.2) is 37.5 Å². The molecule has 3 aromatic heterocycles. The van der Waals surface area contributed by atoms with Crippen LogP contribution in [0.25, 0.3) is 22.0 Å². The van der Waals surface area contributed by atoms with E-state index < -0.39 is 12.7 Å². The molecule has 0 bridgehead atoms. The second kappa shape index (κ2) is 9.10. The molecule has 0 saturated heterocycles. The van der Waals surface area contributed by atoms with Crippen molar-refractivity contribution in [2.75, 3.05) is 13.3 Å². The van der Waals surface area contributed by atoms with Gasteiger partial charge in [0.25, 0.3) is 5.56 Å². The number of pyridine rings is 2. The van der Waals surface area contributed by atoms with Crippen molar-refractivity contribution in [2.24, 2.45) is 14.1 Å². The van der Waals surface area contributed by atoms with Gasteiger partial charge in [0, 0.05) is 42.3 Å². The Morgan fingerprint density at radius 3 is 2.35 bits per heavy atom. The lowest BCUT2D eigenvalue weighted by Gasteiger charge is -2.30. The fourth-order valence-electron chi connectivity index (χ4n) is 4.67. The number of hydrogen-bond donors (Lipinski definition) is 1. The molecule has 0 amide bonds. The quantitative estimate of drug-likeness (QED) is 0.336. The Balaban J connectivity index is 1.81. The van der Waals surface area contributed by atoms with Crippen LogP contribution in [0.15, 0.2) is 84.2 Å². The van der Waals surface area contributed by atoms with Crippen LogP contribution in [0.1, 0.15) is 16.8 Å². The fourth-order valence-corrected chi connectivity index (χ4v) is 5.63. The molecule has 0 fully saturated rings. The number of aliphatic hydroxyl groups is 1. The number of aromatic nitrogens is 4. The van der Waals surface area contributed by atoms with E-state index in [-0.39, 0.29) is 5.56 Å². The summed E-state index contributed by atoms with van der Waals surface area (Å²) in [7, 11) is 0.954. The molecule has 0 radical (unpaired) electrons. The zero-order chi connectivity index (χ0) is 26.5. The highest BCUT2D eigenvalue weighted by Gasteiger charge is 2.37. The molecule has 1 atom stereocenters. The van der Waals surface area contributed by atoms with Crippen molar-refractivity contribution in [3.63, 3.8) is 0 Å². The van der Waals surface area contributed by atoms with Crippen LogP contribution >= 0.6 is 18.7 Å². The van der Waals surface area contributed by atoms with E-state index in [4.69, 9.17) is 11.6 Å². The molecule has 2 aromatic carbocycles. The molecule has 0 aliphatic heterocycles. The van der Waals surface area contributed by atoms with E-state index >= 15 is 0 Å². The van der Waals surface area contributed by atoms with Gasteiger partial charge < -0.3 is 18.8 Å². The van der Waals surface area contributed by atoms with Crippen molar-refractivity contribution in [1.82, 2.24) is 19.1 Å². The molecule has 5 rings (SSSR count). The first-order chi connectivity index (χ1) is 17.5. The molecular formula is C28H26ClN4O3P.